The fourth-order valence-corrected chi connectivity index (χ4v) is 2.24. The Balaban J connectivity index is 2.85. The summed E-state index contributed by atoms with van der Waals surface area (Å²) in [6, 6.07) is 1.76. The summed E-state index contributed by atoms with van der Waals surface area (Å²) in [5, 5.41) is 1.87. The first kappa shape index (κ1) is 7.44. The van der Waals surface area contributed by atoms with Gasteiger partial charge in [0.05, 0.1) is 17.0 Å². The van der Waals surface area contributed by atoms with Gasteiger partial charge < -0.3 is 0 Å². The number of thiol groups is 1. The predicted molar refractivity (Wildman–Crippen MR) is 44.0 cm³/mol. The summed E-state index contributed by atoms with van der Waals surface area (Å²) in [5.41, 5.74) is 0. The van der Waals surface area contributed by atoms with Crippen molar-refractivity contribution in [2.75, 3.05) is 0 Å². The van der Waals surface area contributed by atoms with Crippen molar-refractivity contribution in [3.63, 3.8) is 0 Å². The Hall–Kier alpha value is 0.330. The molecule has 0 aliphatic heterocycles. The standard InChI is InChI=1S/C5H5FS3/c6-9-4-1-2-8-5(4)3-7/h1-2,7H,3H2. The molecular formula is C5H5FS3. The van der Waals surface area contributed by atoms with E-state index in [-0.39, 0.29) is 12.1 Å². The van der Waals surface area contributed by atoms with Crippen molar-refractivity contribution in [3.05, 3.63) is 16.3 Å². The lowest BCUT2D eigenvalue weighted by Gasteiger charge is -1.88. The molecule has 50 valence electrons. The molecule has 0 radical (unpaired) electrons. The van der Waals surface area contributed by atoms with Crippen LogP contribution in [0.2, 0.25) is 0 Å². The molecule has 4 heteroatoms. The molecule has 0 bridgehead atoms. The Labute approximate surface area is 67.2 Å². The summed E-state index contributed by atoms with van der Waals surface area (Å²) in [5.74, 6) is 0.629. The second-order valence-electron chi connectivity index (χ2n) is 1.44. The van der Waals surface area contributed by atoms with Gasteiger partial charge in [0.1, 0.15) is 0 Å². The molecule has 0 fully saturated rings. The Morgan fingerprint density at radius 3 is 3.00 bits per heavy atom. The van der Waals surface area contributed by atoms with Crippen molar-refractivity contribution in [1.82, 2.24) is 0 Å². The summed E-state index contributed by atoms with van der Waals surface area (Å²) in [6.07, 6.45) is 0. The second kappa shape index (κ2) is 3.49. The van der Waals surface area contributed by atoms with Crippen molar-refractivity contribution >= 4 is 36.1 Å². The van der Waals surface area contributed by atoms with Crippen LogP contribution in [0.1, 0.15) is 4.88 Å². The summed E-state index contributed by atoms with van der Waals surface area (Å²) < 4.78 is 11.9. The third-order valence-corrected chi connectivity index (χ3v) is 3.06. The summed E-state index contributed by atoms with van der Waals surface area (Å²) in [7, 11) is 0. The van der Waals surface area contributed by atoms with Crippen LogP contribution in [0.25, 0.3) is 0 Å². The lowest BCUT2D eigenvalue weighted by atomic mass is 10.5. The highest BCUT2D eigenvalue weighted by atomic mass is 32.2. The molecular weight excluding hydrogens is 175 g/mol. The van der Waals surface area contributed by atoms with Gasteiger partial charge in [-0.2, -0.15) is 16.5 Å². The van der Waals surface area contributed by atoms with Gasteiger partial charge in [-0.25, -0.2) is 0 Å². The summed E-state index contributed by atoms with van der Waals surface area (Å²) >= 11 is 5.86. The first-order valence-electron chi connectivity index (χ1n) is 2.34. The zero-order chi connectivity index (χ0) is 6.69. The molecule has 0 unspecified atom stereocenters. The van der Waals surface area contributed by atoms with E-state index in [0.717, 1.165) is 4.88 Å². The second-order valence-corrected chi connectivity index (χ2v) is 3.35. The van der Waals surface area contributed by atoms with Gasteiger partial charge in [0.25, 0.3) is 0 Å². The van der Waals surface area contributed by atoms with Crippen LogP contribution in [0.5, 0.6) is 0 Å². The zero-order valence-electron chi connectivity index (χ0n) is 4.50. The van der Waals surface area contributed by atoms with Crippen LogP contribution in [-0.4, -0.2) is 0 Å². The third-order valence-electron chi connectivity index (χ3n) is 0.931. The van der Waals surface area contributed by atoms with Gasteiger partial charge in [-0.1, -0.05) is 0 Å². The Morgan fingerprint density at radius 2 is 2.56 bits per heavy atom. The van der Waals surface area contributed by atoms with Crippen molar-refractivity contribution in [1.29, 1.82) is 0 Å². The van der Waals surface area contributed by atoms with Gasteiger partial charge in [-0.3, -0.25) is 0 Å². The molecule has 1 aromatic heterocycles. The van der Waals surface area contributed by atoms with Crippen LogP contribution in [-0.2, 0) is 5.75 Å². The van der Waals surface area contributed by atoms with E-state index in [1.54, 1.807) is 6.07 Å². The fraction of sp³-hybridized carbons (Fsp3) is 0.200. The minimum atomic E-state index is 0.288. The Kier molecular flexibility index (Phi) is 2.88. The molecule has 1 heterocycles. The maximum Gasteiger partial charge on any atom is 0.0824 e. The SMILES string of the molecule is FSc1ccsc1CS. The van der Waals surface area contributed by atoms with E-state index in [0.29, 0.717) is 10.6 Å². The number of thiophene rings is 1. The lowest BCUT2D eigenvalue weighted by molar-refractivity contribution is 0.933. The van der Waals surface area contributed by atoms with Gasteiger partial charge in [-0.05, 0) is 11.4 Å². The van der Waals surface area contributed by atoms with E-state index >= 15 is 0 Å². The smallest absolute Gasteiger partial charge is 0.0824 e. The van der Waals surface area contributed by atoms with E-state index < -0.39 is 0 Å². The number of rotatable bonds is 2. The normalized spacial score (nSPS) is 10.0. The molecule has 0 N–H and O–H groups in total. The molecule has 0 aliphatic carbocycles. The van der Waals surface area contributed by atoms with Crippen molar-refractivity contribution in [3.8, 4) is 0 Å². The van der Waals surface area contributed by atoms with Crippen LogP contribution in [0, 0.1) is 0 Å². The van der Waals surface area contributed by atoms with Crippen LogP contribution in [0.15, 0.2) is 16.3 Å². The highest BCUT2D eigenvalue weighted by molar-refractivity contribution is 7.94. The average Bonchev–Trinajstić information content (AvgIpc) is 2.33. The Morgan fingerprint density at radius 1 is 1.78 bits per heavy atom. The van der Waals surface area contributed by atoms with Gasteiger partial charge in [-0.15, -0.1) is 11.3 Å². The first-order valence-corrected chi connectivity index (χ1v) is 4.57. The topological polar surface area (TPSA) is 0 Å². The van der Waals surface area contributed by atoms with Crippen LogP contribution in [0.4, 0.5) is 3.89 Å². The van der Waals surface area contributed by atoms with E-state index in [2.05, 4.69) is 12.6 Å². The van der Waals surface area contributed by atoms with Gasteiger partial charge in [0.2, 0.25) is 0 Å². The average molecular weight is 180 g/mol. The van der Waals surface area contributed by atoms with Gasteiger partial charge in [0.15, 0.2) is 0 Å². The lowest BCUT2D eigenvalue weighted by Crippen LogP contribution is -1.68. The molecule has 0 spiro atoms. The van der Waals surface area contributed by atoms with Crippen LogP contribution >= 0.6 is 36.1 Å². The minimum absolute atomic E-state index is 0.288. The largest absolute Gasteiger partial charge is 0.174 e. The number of hydrogen-bond donors (Lipinski definition) is 1. The molecule has 0 aliphatic rings. The maximum atomic E-state index is 11.9. The molecule has 9 heavy (non-hydrogen) atoms. The molecule has 0 amide bonds. The predicted octanol–water partition coefficient (Wildman–Crippen LogP) is 3.15. The number of halogens is 1. The summed E-state index contributed by atoms with van der Waals surface area (Å²) in [4.78, 5) is 1.71. The fourth-order valence-electron chi connectivity index (χ4n) is 0.513. The highest BCUT2D eigenvalue weighted by Crippen LogP contribution is 2.28. The van der Waals surface area contributed by atoms with E-state index in [1.165, 1.54) is 11.3 Å². The highest BCUT2D eigenvalue weighted by Gasteiger charge is 2.01. The van der Waals surface area contributed by atoms with Gasteiger partial charge in [0, 0.05) is 10.6 Å². The van der Waals surface area contributed by atoms with E-state index in [4.69, 9.17) is 0 Å². The quantitative estimate of drug-likeness (QED) is 0.682. The van der Waals surface area contributed by atoms with E-state index in [9.17, 15) is 3.89 Å². The Bertz CT molecular complexity index is 166. The molecule has 0 aromatic carbocycles. The number of hydrogen-bond acceptors (Lipinski definition) is 3. The molecule has 0 nitrogen and oxygen atoms in total. The zero-order valence-corrected chi connectivity index (χ0v) is 7.03. The molecule has 0 saturated heterocycles. The minimum Gasteiger partial charge on any atom is -0.174 e. The van der Waals surface area contributed by atoms with Crippen molar-refractivity contribution in [2.45, 2.75) is 10.6 Å². The van der Waals surface area contributed by atoms with Crippen molar-refractivity contribution in [2.24, 2.45) is 0 Å². The van der Waals surface area contributed by atoms with E-state index in [1.807, 2.05) is 5.38 Å². The van der Waals surface area contributed by atoms with Crippen LogP contribution < -0.4 is 0 Å². The molecule has 1 rings (SSSR count). The van der Waals surface area contributed by atoms with Crippen LogP contribution in [0.3, 0.4) is 0 Å². The third kappa shape index (κ3) is 1.63. The van der Waals surface area contributed by atoms with Crippen molar-refractivity contribution < 1.29 is 3.89 Å². The molecule has 1 aromatic rings. The molecule has 0 atom stereocenters. The maximum absolute atomic E-state index is 11.9. The summed E-state index contributed by atoms with van der Waals surface area (Å²) in [6.45, 7) is 0. The monoisotopic (exact) mass is 180 g/mol. The molecule has 0 saturated carbocycles. The first-order chi connectivity index (χ1) is 4.38. The van der Waals surface area contributed by atoms with Gasteiger partial charge >= 0.3 is 0 Å².